The van der Waals surface area contributed by atoms with E-state index in [-0.39, 0.29) is 18.2 Å². The zero-order valence-corrected chi connectivity index (χ0v) is 14.2. The maximum Gasteiger partial charge on any atom is 0.230 e. The number of thiazole rings is 1. The number of nitrogens with zero attached hydrogens (tertiary/aromatic N) is 2. The Morgan fingerprint density at radius 3 is 3.04 bits per heavy atom. The number of anilines is 2. The molecule has 0 atom stereocenters. The number of aromatic nitrogens is 1. The predicted molar refractivity (Wildman–Crippen MR) is 92.2 cm³/mol. The third kappa shape index (κ3) is 3.71. The first-order chi connectivity index (χ1) is 11.0. The van der Waals surface area contributed by atoms with E-state index in [1.54, 1.807) is 17.0 Å². The van der Waals surface area contributed by atoms with E-state index in [0.717, 1.165) is 12.0 Å². The van der Waals surface area contributed by atoms with Gasteiger partial charge < -0.3 is 5.32 Å². The van der Waals surface area contributed by atoms with Crippen LogP contribution in [0.25, 0.3) is 0 Å². The molecule has 2 heterocycles. The lowest BCUT2D eigenvalue weighted by Crippen LogP contribution is -2.23. The molecule has 0 saturated carbocycles. The van der Waals surface area contributed by atoms with Crippen molar-refractivity contribution in [2.75, 3.05) is 16.8 Å². The van der Waals surface area contributed by atoms with Crippen LogP contribution in [0.15, 0.2) is 23.6 Å². The number of benzene rings is 1. The van der Waals surface area contributed by atoms with Gasteiger partial charge in [0.15, 0.2) is 5.13 Å². The van der Waals surface area contributed by atoms with Crippen molar-refractivity contribution in [2.45, 2.75) is 26.2 Å². The van der Waals surface area contributed by atoms with Gasteiger partial charge in [-0.3, -0.25) is 14.5 Å². The summed E-state index contributed by atoms with van der Waals surface area (Å²) in [5.74, 6) is -0.0510. The van der Waals surface area contributed by atoms with Gasteiger partial charge in [-0.05, 0) is 31.0 Å². The van der Waals surface area contributed by atoms with Crippen LogP contribution in [0.3, 0.4) is 0 Å². The van der Waals surface area contributed by atoms with E-state index in [1.165, 1.54) is 11.3 Å². The standard InChI is InChI=1S/C16H16ClN3O2S/c1-10-4-5-11(17)7-13(10)19-14(21)8-12-9-23-16(18-12)20-6-2-3-15(20)22/h4-5,7,9H,2-3,6,8H2,1H3,(H,19,21). The van der Waals surface area contributed by atoms with Crippen molar-refractivity contribution in [1.29, 1.82) is 0 Å². The number of nitrogens with one attached hydrogen (secondary N) is 1. The summed E-state index contributed by atoms with van der Waals surface area (Å²) in [5, 5.41) is 5.93. The van der Waals surface area contributed by atoms with Crippen molar-refractivity contribution in [1.82, 2.24) is 4.98 Å². The van der Waals surface area contributed by atoms with Gasteiger partial charge in [-0.2, -0.15) is 0 Å². The minimum absolute atomic E-state index is 0.102. The first-order valence-electron chi connectivity index (χ1n) is 7.34. The van der Waals surface area contributed by atoms with E-state index < -0.39 is 0 Å². The number of hydrogen-bond donors (Lipinski definition) is 1. The Hall–Kier alpha value is -1.92. The van der Waals surface area contributed by atoms with E-state index in [0.29, 0.717) is 34.5 Å². The topological polar surface area (TPSA) is 62.3 Å². The molecule has 2 amide bonds. The van der Waals surface area contributed by atoms with Crippen molar-refractivity contribution in [3.63, 3.8) is 0 Å². The van der Waals surface area contributed by atoms with Gasteiger partial charge in [0.25, 0.3) is 0 Å². The summed E-state index contributed by atoms with van der Waals surface area (Å²) in [6, 6.07) is 5.37. The van der Waals surface area contributed by atoms with Crippen LogP contribution in [0.4, 0.5) is 10.8 Å². The SMILES string of the molecule is Cc1ccc(Cl)cc1NC(=O)Cc1csc(N2CCCC2=O)n1. The van der Waals surface area contributed by atoms with Crippen LogP contribution in [0, 0.1) is 6.92 Å². The molecule has 1 saturated heterocycles. The largest absolute Gasteiger partial charge is 0.325 e. The van der Waals surface area contributed by atoms with Gasteiger partial charge in [0.1, 0.15) is 0 Å². The number of aryl methyl sites for hydroxylation is 1. The zero-order valence-electron chi connectivity index (χ0n) is 12.6. The van der Waals surface area contributed by atoms with Crippen LogP contribution in [0.2, 0.25) is 5.02 Å². The average molecular weight is 350 g/mol. The summed E-state index contributed by atoms with van der Waals surface area (Å²) in [7, 11) is 0. The lowest BCUT2D eigenvalue weighted by Gasteiger charge is -2.10. The lowest BCUT2D eigenvalue weighted by atomic mass is 10.2. The third-order valence-corrected chi connectivity index (χ3v) is 4.81. The summed E-state index contributed by atoms with van der Waals surface area (Å²) in [6.07, 6.45) is 1.61. The Labute approximate surface area is 143 Å². The fraction of sp³-hybridized carbons (Fsp3) is 0.312. The maximum absolute atomic E-state index is 12.2. The van der Waals surface area contributed by atoms with Gasteiger partial charge in [-0.25, -0.2) is 4.98 Å². The molecule has 0 aliphatic carbocycles. The van der Waals surface area contributed by atoms with Gasteiger partial charge in [-0.15, -0.1) is 11.3 Å². The Morgan fingerprint density at radius 1 is 1.48 bits per heavy atom. The van der Waals surface area contributed by atoms with Gasteiger partial charge in [0.05, 0.1) is 12.1 Å². The summed E-state index contributed by atoms with van der Waals surface area (Å²) >= 11 is 7.35. The Bertz CT molecular complexity index is 760. The molecule has 23 heavy (non-hydrogen) atoms. The molecule has 120 valence electrons. The molecular weight excluding hydrogens is 334 g/mol. The van der Waals surface area contributed by atoms with Gasteiger partial charge in [0.2, 0.25) is 11.8 Å². The Balaban J connectivity index is 1.65. The highest BCUT2D eigenvalue weighted by molar-refractivity contribution is 7.14. The second kappa shape index (κ2) is 6.68. The van der Waals surface area contributed by atoms with Gasteiger partial charge >= 0.3 is 0 Å². The summed E-state index contributed by atoms with van der Waals surface area (Å²) in [5.41, 5.74) is 2.32. The minimum atomic E-state index is -0.153. The predicted octanol–water partition coefficient (Wildman–Crippen LogP) is 3.41. The van der Waals surface area contributed by atoms with E-state index in [1.807, 2.05) is 18.4 Å². The Morgan fingerprint density at radius 2 is 2.30 bits per heavy atom. The van der Waals surface area contributed by atoms with Gasteiger partial charge in [0, 0.05) is 29.1 Å². The molecule has 1 fully saturated rings. The highest BCUT2D eigenvalue weighted by Gasteiger charge is 2.24. The third-order valence-electron chi connectivity index (χ3n) is 3.66. The van der Waals surface area contributed by atoms with Crippen molar-refractivity contribution < 1.29 is 9.59 Å². The quantitative estimate of drug-likeness (QED) is 0.920. The fourth-order valence-corrected chi connectivity index (χ4v) is 3.48. The number of amides is 2. The molecule has 1 aromatic heterocycles. The monoisotopic (exact) mass is 349 g/mol. The molecule has 5 nitrogen and oxygen atoms in total. The Kier molecular flexibility index (Phi) is 4.63. The minimum Gasteiger partial charge on any atom is -0.325 e. The van der Waals surface area contributed by atoms with Gasteiger partial charge in [-0.1, -0.05) is 17.7 Å². The molecule has 7 heteroatoms. The molecule has 0 bridgehead atoms. The van der Waals surface area contributed by atoms with E-state index in [9.17, 15) is 9.59 Å². The molecule has 3 rings (SSSR count). The van der Waals surface area contributed by atoms with Crippen LogP contribution in [0.1, 0.15) is 24.1 Å². The number of rotatable bonds is 4. The van der Waals surface area contributed by atoms with E-state index >= 15 is 0 Å². The second-order valence-corrected chi connectivity index (χ2v) is 6.73. The summed E-state index contributed by atoms with van der Waals surface area (Å²) in [6.45, 7) is 2.62. The first-order valence-corrected chi connectivity index (χ1v) is 8.59. The number of hydrogen-bond acceptors (Lipinski definition) is 4. The molecule has 0 spiro atoms. The molecular formula is C16H16ClN3O2S. The number of carbonyl (C=O) groups is 2. The van der Waals surface area contributed by atoms with Crippen LogP contribution in [-0.4, -0.2) is 23.3 Å². The zero-order chi connectivity index (χ0) is 16.4. The molecule has 1 aromatic carbocycles. The number of halogens is 1. The van der Waals surface area contributed by atoms with Crippen LogP contribution in [0.5, 0.6) is 0 Å². The maximum atomic E-state index is 12.2. The molecule has 1 aliphatic heterocycles. The fourth-order valence-electron chi connectivity index (χ4n) is 2.44. The highest BCUT2D eigenvalue weighted by Crippen LogP contribution is 2.26. The average Bonchev–Trinajstić information content (AvgIpc) is 3.11. The molecule has 0 unspecified atom stereocenters. The van der Waals surface area contributed by atoms with Crippen LogP contribution in [-0.2, 0) is 16.0 Å². The second-order valence-electron chi connectivity index (χ2n) is 5.45. The van der Waals surface area contributed by atoms with E-state index in [2.05, 4.69) is 10.3 Å². The summed E-state index contributed by atoms with van der Waals surface area (Å²) < 4.78 is 0. The normalized spacial score (nSPS) is 14.3. The number of carbonyl (C=O) groups excluding carboxylic acids is 2. The molecule has 2 aromatic rings. The lowest BCUT2D eigenvalue weighted by molar-refractivity contribution is -0.117. The van der Waals surface area contributed by atoms with Crippen molar-refractivity contribution in [2.24, 2.45) is 0 Å². The van der Waals surface area contributed by atoms with Crippen molar-refractivity contribution in [3.8, 4) is 0 Å². The van der Waals surface area contributed by atoms with Crippen molar-refractivity contribution in [3.05, 3.63) is 39.9 Å². The molecule has 0 radical (unpaired) electrons. The first kappa shape index (κ1) is 16.0. The van der Waals surface area contributed by atoms with E-state index in [4.69, 9.17) is 11.6 Å². The van der Waals surface area contributed by atoms with Crippen LogP contribution < -0.4 is 10.2 Å². The molecule has 1 aliphatic rings. The van der Waals surface area contributed by atoms with Crippen LogP contribution >= 0.6 is 22.9 Å². The highest BCUT2D eigenvalue weighted by atomic mass is 35.5. The molecule has 1 N–H and O–H groups in total. The van der Waals surface area contributed by atoms with Crippen molar-refractivity contribution >= 4 is 45.6 Å². The summed E-state index contributed by atoms with van der Waals surface area (Å²) in [4.78, 5) is 30.0. The smallest absolute Gasteiger partial charge is 0.230 e.